The number of aromatic nitrogens is 1. The molecule has 4 aromatic carbocycles. The van der Waals surface area contributed by atoms with E-state index >= 15 is 0 Å². The fourth-order valence-electron chi connectivity index (χ4n) is 4.18. The molecule has 1 aromatic heterocycles. The average molecular weight is 454 g/mol. The summed E-state index contributed by atoms with van der Waals surface area (Å²) in [5.74, 6) is 0. The minimum Gasteiger partial charge on any atom is -0.381 e. The maximum absolute atomic E-state index is 13.8. The lowest BCUT2D eigenvalue weighted by Gasteiger charge is -2.17. The van der Waals surface area contributed by atoms with Crippen LogP contribution in [0.1, 0.15) is 11.1 Å². The van der Waals surface area contributed by atoms with Crippen molar-refractivity contribution in [2.24, 2.45) is 0 Å². The Morgan fingerprint density at radius 2 is 1.38 bits per heavy atom. The van der Waals surface area contributed by atoms with Gasteiger partial charge in [0.05, 0.1) is 11.1 Å². The van der Waals surface area contributed by atoms with Crippen molar-refractivity contribution >= 4 is 16.6 Å². The van der Waals surface area contributed by atoms with Crippen molar-refractivity contribution in [3.8, 4) is 22.3 Å². The number of nitrogens with one attached hydrogen (secondary N) is 1. The van der Waals surface area contributed by atoms with Gasteiger partial charge in [-0.1, -0.05) is 84.9 Å². The van der Waals surface area contributed by atoms with E-state index in [0.717, 1.165) is 39.6 Å². The topological polar surface area (TPSA) is 24.9 Å². The van der Waals surface area contributed by atoms with Crippen LogP contribution in [0.5, 0.6) is 0 Å². The maximum atomic E-state index is 13.8. The predicted molar refractivity (Wildman–Crippen MR) is 131 cm³/mol. The van der Waals surface area contributed by atoms with Crippen LogP contribution in [0, 0.1) is 0 Å². The number of anilines is 1. The Balaban J connectivity index is 1.67. The van der Waals surface area contributed by atoms with E-state index in [9.17, 15) is 13.2 Å². The van der Waals surface area contributed by atoms with Crippen LogP contribution in [0.4, 0.5) is 18.9 Å². The van der Waals surface area contributed by atoms with Crippen molar-refractivity contribution in [3.05, 3.63) is 120 Å². The normalized spacial score (nSPS) is 11.5. The number of rotatable bonds is 5. The van der Waals surface area contributed by atoms with Crippen LogP contribution in [-0.2, 0) is 12.7 Å². The molecule has 5 rings (SSSR count). The molecule has 0 saturated heterocycles. The van der Waals surface area contributed by atoms with Crippen molar-refractivity contribution in [1.82, 2.24) is 4.98 Å². The Morgan fingerprint density at radius 1 is 0.706 bits per heavy atom. The summed E-state index contributed by atoms with van der Waals surface area (Å²) in [5.41, 5.74) is 4.48. The van der Waals surface area contributed by atoms with Crippen molar-refractivity contribution in [3.63, 3.8) is 0 Å². The zero-order valence-electron chi connectivity index (χ0n) is 18.2. The minimum atomic E-state index is -4.49. The van der Waals surface area contributed by atoms with Gasteiger partial charge < -0.3 is 5.32 Å². The molecule has 0 fully saturated rings. The summed E-state index contributed by atoms with van der Waals surface area (Å²) >= 11 is 0. The SMILES string of the molecule is FC(F)(F)c1cccc2c(-c3cccc(NCc4ccccc4)c3)c(-c3ccccc3)cnc12. The monoisotopic (exact) mass is 454 g/mol. The summed E-state index contributed by atoms with van der Waals surface area (Å²) in [6.07, 6.45) is -2.94. The largest absolute Gasteiger partial charge is 0.418 e. The van der Waals surface area contributed by atoms with Crippen LogP contribution < -0.4 is 5.32 Å². The van der Waals surface area contributed by atoms with Crippen molar-refractivity contribution in [2.45, 2.75) is 12.7 Å². The van der Waals surface area contributed by atoms with Crippen LogP contribution in [0.25, 0.3) is 33.2 Å². The number of hydrogen-bond donors (Lipinski definition) is 1. The molecule has 0 amide bonds. The lowest BCUT2D eigenvalue weighted by molar-refractivity contribution is -0.136. The zero-order chi connectivity index (χ0) is 23.5. The summed E-state index contributed by atoms with van der Waals surface area (Å²) in [4.78, 5) is 4.27. The molecule has 0 atom stereocenters. The Morgan fingerprint density at radius 3 is 2.12 bits per heavy atom. The van der Waals surface area contributed by atoms with Gasteiger partial charge in [0.15, 0.2) is 0 Å². The first-order valence-corrected chi connectivity index (χ1v) is 10.9. The molecule has 1 N–H and O–H groups in total. The molecule has 1 heterocycles. The third kappa shape index (κ3) is 4.37. The standard InChI is InChI=1S/C29H21F3N2/c30-29(31,32)26-16-8-15-24-27(25(19-34-28(24)26)21-11-5-2-6-12-21)22-13-7-14-23(17-22)33-18-20-9-3-1-4-10-20/h1-17,19,33H,18H2. The van der Waals surface area contributed by atoms with E-state index in [1.54, 1.807) is 12.3 Å². The highest BCUT2D eigenvalue weighted by molar-refractivity contribution is 6.03. The van der Waals surface area contributed by atoms with Crippen molar-refractivity contribution < 1.29 is 13.2 Å². The van der Waals surface area contributed by atoms with E-state index in [2.05, 4.69) is 10.3 Å². The van der Waals surface area contributed by atoms with Crippen LogP contribution in [0.15, 0.2) is 109 Å². The summed E-state index contributed by atoms with van der Waals surface area (Å²) in [6, 6.07) is 31.7. The van der Waals surface area contributed by atoms with Crippen molar-refractivity contribution in [1.29, 1.82) is 0 Å². The second-order valence-electron chi connectivity index (χ2n) is 8.03. The number of fused-ring (bicyclic) bond motifs is 1. The fourth-order valence-corrected chi connectivity index (χ4v) is 4.18. The lowest BCUT2D eigenvalue weighted by atomic mass is 9.91. The van der Waals surface area contributed by atoms with E-state index in [1.807, 2.05) is 84.9 Å². The molecule has 0 aliphatic heterocycles. The maximum Gasteiger partial charge on any atom is 0.418 e. The number of pyridine rings is 1. The molecule has 5 aromatic rings. The molecule has 2 nitrogen and oxygen atoms in total. The second-order valence-corrected chi connectivity index (χ2v) is 8.03. The highest BCUT2D eigenvalue weighted by Gasteiger charge is 2.33. The fraction of sp³-hybridized carbons (Fsp3) is 0.0690. The summed E-state index contributed by atoms with van der Waals surface area (Å²) in [7, 11) is 0. The summed E-state index contributed by atoms with van der Waals surface area (Å²) in [5, 5.41) is 3.89. The van der Waals surface area contributed by atoms with E-state index in [-0.39, 0.29) is 5.52 Å². The molecule has 0 unspecified atom stereocenters. The van der Waals surface area contributed by atoms with E-state index < -0.39 is 11.7 Å². The van der Waals surface area contributed by atoms with Gasteiger partial charge in [-0.3, -0.25) is 4.98 Å². The van der Waals surface area contributed by atoms with E-state index in [4.69, 9.17) is 0 Å². The number of benzene rings is 4. The number of halogens is 3. The van der Waals surface area contributed by atoms with Gasteiger partial charge in [0.1, 0.15) is 0 Å². The number of nitrogens with zero attached hydrogens (tertiary/aromatic N) is 1. The first kappa shape index (κ1) is 21.7. The van der Waals surface area contributed by atoms with Crippen molar-refractivity contribution in [2.75, 3.05) is 5.32 Å². The van der Waals surface area contributed by atoms with Gasteiger partial charge in [-0.05, 0) is 34.9 Å². The van der Waals surface area contributed by atoms with Gasteiger partial charge in [0, 0.05) is 34.9 Å². The predicted octanol–water partition coefficient (Wildman–Crippen LogP) is 8.20. The van der Waals surface area contributed by atoms with Crippen LogP contribution in [-0.4, -0.2) is 4.98 Å². The van der Waals surface area contributed by atoms with Gasteiger partial charge >= 0.3 is 6.18 Å². The number of para-hydroxylation sites is 1. The first-order chi connectivity index (χ1) is 16.5. The molecular formula is C29H21F3N2. The smallest absolute Gasteiger partial charge is 0.381 e. The average Bonchev–Trinajstić information content (AvgIpc) is 2.87. The molecule has 0 spiro atoms. The van der Waals surface area contributed by atoms with Gasteiger partial charge in [-0.25, -0.2) is 0 Å². The Kier molecular flexibility index (Phi) is 5.76. The highest BCUT2D eigenvalue weighted by atomic mass is 19.4. The molecule has 0 aliphatic carbocycles. The van der Waals surface area contributed by atoms with E-state index in [0.29, 0.717) is 11.9 Å². The van der Waals surface area contributed by atoms with Gasteiger partial charge in [-0.15, -0.1) is 0 Å². The Bertz CT molecular complexity index is 1430. The van der Waals surface area contributed by atoms with E-state index in [1.165, 1.54) is 6.07 Å². The second kappa shape index (κ2) is 9.02. The van der Waals surface area contributed by atoms with Crippen LogP contribution in [0.3, 0.4) is 0 Å². The van der Waals surface area contributed by atoms with Gasteiger partial charge in [0.2, 0.25) is 0 Å². The summed E-state index contributed by atoms with van der Waals surface area (Å²) < 4.78 is 41.3. The third-order valence-corrected chi connectivity index (χ3v) is 5.78. The molecule has 5 heteroatoms. The molecule has 0 aliphatic rings. The zero-order valence-corrected chi connectivity index (χ0v) is 18.2. The molecular weight excluding hydrogens is 433 g/mol. The van der Waals surface area contributed by atoms with Gasteiger partial charge in [-0.2, -0.15) is 13.2 Å². The number of alkyl halides is 3. The molecule has 0 saturated carbocycles. The highest BCUT2D eigenvalue weighted by Crippen LogP contribution is 2.41. The lowest BCUT2D eigenvalue weighted by Crippen LogP contribution is -2.07. The molecule has 168 valence electrons. The van der Waals surface area contributed by atoms with Gasteiger partial charge in [0.25, 0.3) is 0 Å². The minimum absolute atomic E-state index is 0.0488. The van der Waals surface area contributed by atoms with Crippen LogP contribution >= 0.6 is 0 Å². The van der Waals surface area contributed by atoms with Crippen LogP contribution in [0.2, 0.25) is 0 Å². The third-order valence-electron chi connectivity index (χ3n) is 5.78. The molecule has 34 heavy (non-hydrogen) atoms. The Hall–Kier alpha value is -4.12. The molecule has 0 bridgehead atoms. The summed E-state index contributed by atoms with van der Waals surface area (Å²) in [6.45, 7) is 0.644. The quantitative estimate of drug-likeness (QED) is 0.289. The first-order valence-electron chi connectivity index (χ1n) is 10.9. The Labute approximate surface area is 195 Å². The molecule has 0 radical (unpaired) electrons. The number of hydrogen-bond acceptors (Lipinski definition) is 2.